The van der Waals surface area contributed by atoms with Gasteiger partial charge in [0.2, 0.25) is 5.75 Å². The first-order valence-corrected chi connectivity index (χ1v) is 12.6. The molecule has 0 unspecified atom stereocenters. The molecule has 1 heterocycles. The average molecular weight is 522 g/mol. The van der Waals surface area contributed by atoms with Crippen molar-refractivity contribution in [3.63, 3.8) is 0 Å². The second kappa shape index (κ2) is 13.5. The summed E-state index contributed by atoms with van der Waals surface area (Å²) in [5.41, 5.74) is 2.55. The summed E-state index contributed by atoms with van der Waals surface area (Å²) in [5, 5.41) is 0.689. The zero-order valence-electron chi connectivity index (χ0n) is 21.4. The predicted octanol–water partition coefficient (Wildman–Crippen LogP) is 5.82. The third-order valence-electron chi connectivity index (χ3n) is 5.15. The van der Waals surface area contributed by atoms with Gasteiger partial charge in [0.05, 0.1) is 30.0 Å². The van der Waals surface area contributed by atoms with Crippen LogP contribution < -0.4 is 19.1 Å². The fourth-order valence-electron chi connectivity index (χ4n) is 3.63. The normalized spacial score (nSPS) is 10.8. The third-order valence-corrected chi connectivity index (χ3v) is 6.19. The van der Waals surface area contributed by atoms with E-state index in [9.17, 15) is 4.79 Å². The van der Waals surface area contributed by atoms with Crippen molar-refractivity contribution in [2.24, 2.45) is 0 Å². The Morgan fingerprint density at radius 1 is 0.943 bits per heavy atom. The molecule has 0 saturated heterocycles. The second-order valence-electron chi connectivity index (χ2n) is 8.18. The van der Waals surface area contributed by atoms with Crippen LogP contribution in [-0.4, -0.2) is 62.8 Å². The molecule has 0 aliphatic rings. The topological polar surface area (TPSA) is 64.1 Å². The summed E-state index contributed by atoms with van der Waals surface area (Å²) < 4.78 is 18.5. The molecule has 3 rings (SSSR count). The maximum Gasteiger partial charge on any atom is 0.260 e. The van der Waals surface area contributed by atoms with Crippen LogP contribution in [-0.2, 0) is 0 Å². The first kappa shape index (κ1) is 28.7. The van der Waals surface area contributed by atoms with Gasteiger partial charge in [0.15, 0.2) is 16.6 Å². The maximum atomic E-state index is 13.9. The molecule has 9 heteroatoms. The van der Waals surface area contributed by atoms with Gasteiger partial charge in [0.25, 0.3) is 5.91 Å². The van der Waals surface area contributed by atoms with Gasteiger partial charge in [-0.05, 0) is 84.6 Å². The summed E-state index contributed by atoms with van der Waals surface area (Å²) in [6, 6.07) is 9.64. The molecular formula is C26H36ClN3O4S. The van der Waals surface area contributed by atoms with E-state index in [1.165, 1.54) is 16.9 Å². The van der Waals surface area contributed by atoms with Crippen LogP contribution in [0, 0.1) is 6.92 Å². The lowest BCUT2D eigenvalue weighted by Gasteiger charge is -2.22. The van der Waals surface area contributed by atoms with Crippen LogP contribution >= 0.6 is 23.7 Å². The van der Waals surface area contributed by atoms with E-state index in [0.717, 1.165) is 23.2 Å². The van der Waals surface area contributed by atoms with E-state index in [4.69, 9.17) is 19.2 Å². The van der Waals surface area contributed by atoms with E-state index in [1.807, 2.05) is 47.0 Å². The molecule has 35 heavy (non-hydrogen) atoms. The number of hydrogen-bond donors (Lipinski definition) is 0. The Bertz CT molecular complexity index is 1090. The molecule has 0 spiro atoms. The monoisotopic (exact) mass is 521 g/mol. The minimum atomic E-state index is -0.139. The summed E-state index contributed by atoms with van der Waals surface area (Å²) in [5.74, 6) is 1.40. The highest BCUT2D eigenvalue weighted by Crippen LogP contribution is 2.40. The van der Waals surface area contributed by atoms with Gasteiger partial charge >= 0.3 is 0 Å². The molecule has 1 aromatic heterocycles. The number of thiazole rings is 1. The lowest BCUT2D eigenvalue weighted by molar-refractivity contribution is 0.0985. The first-order valence-electron chi connectivity index (χ1n) is 11.8. The number of fused-ring (bicyclic) bond motifs is 1. The van der Waals surface area contributed by atoms with Crippen molar-refractivity contribution in [1.82, 2.24) is 9.88 Å². The maximum absolute atomic E-state index is 13.9. The smallest absolute Gasteiger partial charge is 0.260 e. The summed E-state index contributed by atoms with van der Waals surface area (Å²) in [6.45, 7) is 10.6. The van der Waals surface area contributed by atoms with Crippen molar-refractivity contribution in [1.29, 1.82) is 0 Å². The van der Waals surface area contributed by atoms with Crippen LogP contribution in [0.2, 0.25) is 0 Å². The van der Waals surface area contributed by atoms with Gasteiger partial charge in [-0.2, -0.15) is 0 Å². The summed E-state index contributed by atoms with van der Waals surface area (Å²) >= 11 is 1.53. The molecule has 192 valence electrons. The van der Waals surface area contributed by atoms with E-state index >= 15 is 0 Å². The minimum Gasteiger partial charge on any atom is -0.490 e. The molecule has 0 fully saturated rings. The van der Waals surface area contributed by atoms with E-state index < -0.39 is 0 Å². The number of aryl methyl sites for hydroxylation is 1. The molecule has 0 saturated carbocycles. The number of hydrogen-bond acceptors (Lipinski definition) is 7. The van der Waals surface area contributed by atoms with Crippen LogP contribution in [0.1, 0.15) is 43.1 Å². The summed E-state index contributed by atoms with van der Waals surface area (Å²) in [4.78, 5) is 22.5. The number of aromatic nitrogens is 1. The lowest BCUT2D eigenvalue weighted by Crippen LogP contribution is -2.33. The van der Waals surface area contributed by atoms with Gasteiger partial charge in [0.1, 0.15) is 0 Å². The zero-order valence-corrected chi connectivity index (χ0v) is 23.1. The molecule has 0 N–H and O–H groups in total. The number of rotatable bonds is 12. The predicted molar refractivity (Wildman–Crippen MR) is 146 cm³/mol. The summed E-state index contributed by atoms with van der Waals surface area (Å²) in [7, 11) is 4.06. The highest BCUT2D eigenvalue weighted by atomic mass is 35.5. The van der Waals surface area contributed by atoms with Crippen LogP contribution in [0.25, 0.3) is 10.2 Å². The quantitative estimate of drug-likeness (QED) is 0.299. The Labute approximate surface area is 218 Å². The highest BCUT2D eigenvalue weighted by molar-refractivity contribution is 7.22. The standard InChI is InChI=1S/C26H35N3O4S.ClH/c1-7-31-21-16-19(17-22(32-8-2)24(21)33-9-3)25(30)29(14-10-13-28(5)6)26-27-20-12-11-18(4)15-23(20)34-26;/h11-12,15-17H,7-10,13-14H2,1-6H3;1H. The zero-order chi connectivity index (χ0) is 24.7. The van der Waals surface area contributed by atoms with Gasteiger partial charge in [0, 0.05) is 12.1 Å². The molecule has 0 bridgehead atoms. The van der Waals surface area contributed by atoms with Gasteiger partial charge in [-0.15, -0.1) is 12.4 Å². The third kappa shape index (κ3) is 7.22. The van der Waals surface area contributed by atoms with E-state index in [0.29, 0.717) is 54.3 Å². The fourth-order valence-corrected chi connectivity index (χ4v) is 4.72. The number of nitrogens with zero attached hydrogens (tertiary/aromatic N) is 3. The lowest BCUT2D eigenvalue weighted by atomic mass is 10.1. The van der Waals surface area contributed by atoms with Crippen molar-refractivity contribution in [2.45, 2.75) is 34.1 Å². The van der Waals surface area contributed by atoms with Crippen molar-refractivity contribution >= 4 is 45.0 Å². The Morgan fingerprint density at radius 2 is 1.57 bits per heavy atom. The van der Waals surface area contributed by atoms with Gasteiger partial charge in [-0.25, -0.2) is 4.98 Å². The number of benzene rings is 2. The van der Waals surface area contributed by atoms with Gasteiger partial charge in [-0.3, -0.25) is 9.69 Å². The Balaban J connectivity index is 0.00000432. The van der Waals surface area contributed by atoms with Crippen LogP contribution in [0.15, 0.2) is 30.3 Å². The molecule has 0 aliphatic heterocycles. The number of amides is 1. The number of ether oxygens (including phenoxy) is 3. The van der Waals surface area contributed by atoms with Crippen molar-refractivity contribution in [3.05, 3.63) is 41.5 Å². The second-order valence-corrected chi connectivity index (χ2v) is 9.19. The minimum absolute atomic E-state index is 0. The fraction of sp³-hybridized carbons (Fsp3) is 0.462. The molecule has 7 nitrogen and oxygen atoms in total. The van der Waals surface area contributed by atoms with E-state index in [1.54, 1.807) is 17.0 Å². The molecule has 2 aromatic carbocycles. The van der Waals surface area contributed by atoms with Gasteiger partial charge < -0.3 is 19.1 Å². The number of anilines is 1. The van der Waals surface area contributed by atoms with Crippen molar-refractivity contribution in [3.8, 4) is 17.2 Å². The highest BCUT2D eigenvalue weighted by Gasteiger charge is 2.25. The molecule has 1 amide bonds. The number of halogens is 1. The van der Waals surface area contributed by atoms with Crippen molar-refractivity contribution in [2.75, 3.05) is 51.9 Å². The molecule has 0 aliphatic carbocycles. The molecule has 3 aromatic rings. The van der Waals surface area contributed by atoms with Crippen LogP contribution in [0.4, 0.5) is 5.13 Å². The van der Waals surface area contributed by atoms with Crippen LogP contribution in [0.5, 0.6) is 17.2 Å². The number of carbonyl (C=O) groups is 1. The molecular weight excluding hydrogens is 486 g/mol. The average Bonchev–Trinajstić information content (AvgIpc) is 3.21. The Kier molecular flexibility index (Phi) is 11.1. The summed E-state index contributed by atoms with van der Waals surface area (Å²) in [6.07, 6.45) is 0.821. The van der Waals surface area contributed by atoms with E-state index in [2.05, 4.69) is 17.9 Å². The Morgan fingerprint density at radius 3 is 2.14 bits per heavy atom. The number of carbonyl (C=O) groups excluding carboxylic acids is 1. The Hall–Kier alpha value is -2.55. The van der Waals surface area contributed by atoms with Crippen LogP contribution in [0.3, 0.4) is 0 Å². The molecule has 0 radical (unpaired) electrons. The van der Waals surface area contributed by atoms with E-state index in [-0.39, 0.29) is 18.3 Å². The van der Waals surface area contributed by atoms with Crippen molar-refractivity contribution < 1.29 is 19.0 Å². The first-order chi connectivity index (χ1) is 16.4. The SMILES string of the molecule is CCOc1cc(C(=O)N(CCCN(C)C)c2nc3ccc(C)cc3s2)cc(OCC)c1OCC.Cl. The van der Waals surface area contributed by atoms with Gasteiger partial charge in [-0.1, -0.05) is 17.4 Å². The largest absolute Gasteiger partial charge is 0.490 e. The molecule has 0 atom stereocenters.